The van der Waals surface area contributed by atoms with Crippen LogP contribution in [0.3, 0.4) is 0 Å². The maximum atomic E-state index is 13.6. The highest BCUT2D eigenvalue weighted by molar-refractivity contribution is 6.08. The van der Waals surface area contributed by atoms with Gasteiger partial charge in [0.2, 0.25) is 0 Å². The molecule has 1 aliphatic heterocycles. The van der Waals surface area contributed by atoms with E-state index < -0.39 is 0 Å². The van der Waals surface area contributed by atoms with Gasteiger partial charge in [0, 0.05) is 50.8 Å². The maximum Gasteiger partial charge on any atom is 0.259 e. The van der Waals surface area contributed by atoms with Crippen LogP contribution in [0.2, 0.25) is 0 Å². The van der Waals surface area contributed by atoms with Crippen molar-refractivity contribution in [3.63, 3.8) is 0 Å². The molecule has 0 bridgehead atoms. The fraction of sp³-hybridized carbons (Fsp3) is 0.414. The molecule has 1 amide bonds. The number of nitrogens with zero attached hydrogens (tertiary/aromatic N) is 7. The summed E-state index contributed by atoms with van der Waals surface area (Å²) in [5.41, 5.74) is 3.78. The average molecular weight is 509 g/mol. The largest absolute Gasteiger partial charge is 0.322 e. The summed E-state index contributed by atoms with van der Waals surface area (Å²) < 4.78 is 3.89. The van der Waals surface area contributed by atoms with Gasteiger partial charge in [0.05, 0.1) is 17.0 Å². The Morgan fingerprint density at radius 1 is 1.29 bits per heavy atom. The summed E-state index contributed by atoms with van der Waals surface area (Å²) in [5, 5.41) is 20.9. The average Bonchev–Trinajstić information content (AvgIpc) is 3.62. The van der Waals surface area contributed by atoms with Crippen molar-refractivity contribution in [2.24, 2.45) is 18.9 Å². The standard InChI is InChI=1S/C29H32N8O/c1-20-7-10-36(16-20)17-22-12-25(26-31-9-11-37(26)18-22)27(38)33-24-5-3-4-23(13-24)29(14-21(15-29)6-8-30)28-34-32-19-35(28)2/h3-5,9,11-13,18-21H,6-7,10,14-17H2,1-2H3,(H,33,38)/t20-,21?,29?/m0/s1. The van der Waals surface area contributed by atoms with Crippen LogP contribution in [0, 0.1) is 23.2 Å². The molecule has 1 N–H and O–H groups in total. The molecule has 3 aromatic heterocycles. The first-order valence-corrected chi connectivity index (χ1v) is 13.3. The fourth-order valence-electron chi connectivity index (χ4n) is 6.33. The van der Waals surface area contributed by atoms with Crippen LogP contribution < -0.4 is 5.32 Å². The molecule has 9 heteroatoms. The maximum absolute atomic E-state index is 13.6. The first kappa shape index (κ1) is 24.3. The van der Waals surface area contributed by atoms with E-state index >= 15 is 0 Å². The predicted octanol–water partition coefficient (Wildman–Crippen LogP) is 4.17. The summed E-state index contributed by atoms with van der Waals surface area (Å²) in [7, 11) is 1.95. The fourth-order valence-corrected chi connectivity index (χ4v) is 6.33. The molecular formula is C29H32N8O. The van der Waals surface area contributed by atoms with Gasteiger partial charge in [0.15, 0.2) is 0 Å². The topological polar surface area (TPSA) is 104 Å². The number of rotatable bonds is 7. The predicted molar refractivity (Wildman–Crippen MR) is 143 cm³/mol. The van der Waals surface area contributed by atoms with E-state index in [1.165, 1.54) is 6.42 Å². The SMILES string of the molecule is C[C@H]1CCN(Cc2cc(C(=O)Nc3cccc(C4(c5nncn5C)CC(CC#N)C4)c3)c3nccn3c2)C1. The minimum atomic E-state index is -0.323. The lowest BCUT2D eigenvalue weighted by atomic mass is 9.57. The quantitative estimate of drug-likeness (QED) is 0.402. The van der Waals surface area contributed by atoms with E-state index in [2.05, 4.69) is 50.7 Å². The highest BCUT2D eigenvalue weighted by atomic mass is 16.1. The number of aryl methyl sites for hydroxylation is 1. The number of nitrogens with one attached hydrogen (secondary N) is 1. The Morgan fingerprint density at radius 3 is 2.89 bits per heavy atom. The van der Waals surface area contributed by atoms with E-state index in [-0.39, 0.29) is 11.3 Å². The molecule has 4 heterocycles. The number of pyridine rings is 1. The molecule has 4 aromatic rings. The number of hydrogen-bond acceptors (Lipinski definition) is 6. The second kappa shape index (κ2) is 9.69. The number of likely N-dealkylation sites (tertiary alicyclic amines) is 1. The molecule has 0 radical (unpaired) electrons. The van der Waals surface area contributed by atoms with Crippen molar-refractivity contribution in [3.8, 4) is 6.07 Å². The summed E-state index contributed by atoms with van der Waals surface area (Å²) in [6.07, 6.45) is 10.8. The Morgan fingerprint density at radius 2 is 2.16 bits per heavy atom. The van der Waals surface area contributed by atoms with Crippen molar-refractivity contribution >= 4 is 17.2 Å². The smallest absolute Gasteiger partial charge is 0.259 e. The van der Waals surface area contributed by atoms with Gasteiger partial charge in [-0.1, -0.05) is 19.1 Å². The van der Waals surface area contributed by atoms with Crippen molar-refractivity contribution in [2.45, 2.75) is 44.6 Å². The Kier molecular flexibility index (Phi) is 6.20. The summed E-state index contributed by atoms with van der Waals surface area (Å²) in [5.74, 6) is 1.74. The van der Waals surface area contributed by atoms with Crippen LogP contribution >= 0.6 is 0 Å². The number of imidazole rings is 1. The number of aromatic nitrogens is 5. The van der Waals surface area contributed by atoms with Crippen LogP contribution in [0.1, 0.15) is 59.9 Å². The number of nitriles is 1. The van der Waals surface area contributed by atoms with Gasteiger partial charge in [0.1, 0.15) is 17.8 Å². The van der Waals surface area contributed by atoms with Gasteiger partial charge in [-0.2, -0.15) is 5.26 Å². The van der Waals surface area contributed by atoms with E-state index in [1.54, 1.807) is 12.5 Å². The molecule has 6 rings (SSSR count). The van der Waals surface area contributed by atoms with Gasteiger partial charge in [-0.3, -0.25) is 9.69 Å². The van der Waals surface area contributed by atoms with E-state index in [9.17, 15) is 10.1 Å². The molecule has 1 saturated carbocycles. The summed E-state index contributed by atoms with van der Waals surface area (Å²) >= 11 is 0. The Hall–Kier alpha value is -4.03. The number of hydrogen-bond donors (Lipinski definition) is 1. The minimum absolute atomic E-state index is 0.182. The van der Waals surface area contributed by atoms with Crippen molar-refractivity contribution in [3.05, 3.63) is 77.8 Å². The Bertz CT molecular complexity index is 1520. The minimum Gasteiger partial charge on any atom is -0.322 e. The lowest BCUT2D eigenvalue weighted by Gasteiger charge is -2.46. The van der Waals surface area contributed by atoms with Crippen molar-refractivity contribution < 1.29 is 4.79 Å². The first-order valence-electron chi connectivity index (χ1n) is 13.3. The van der Waals surface area contributed by atoms with Crippen LogP contribution in [-0.4, -0.2) is 48.0 Å². The second-order valence-electron chi connectivity index (χ2n) is 11.1. The molecule has 194 valence electrons. The van der Waals surface area contributed by atoms with E-state index in [1.807, 2.05) is 46.5 Å². The molecule has 1 atom stereocenters. The lowest BCUT2D eigenvalue weighted by Crippen LogP contribution is -2.44. The molecule has 38 heavy (non-hydrogen) atoms. The van der Waals surface area contributed by atoms with Gasteiger partial charge in [-0.25, -0.2) is 4.98 Å². The molecule has 1 saturated heterocycles. The summed E-state index contributed by atoms with van der Waals surface area (Å²) in [4.78, 5) is 20.5. The summed E-state index contributed by atoms with van der Waals surface area (Å²) in [6.45, 7) is 5.27. The van der Waals surface area contributed by atoms with E-state index in [4.69, 9.17) is 0 Å². The Labute approximate surface area is 222 Å². The zero-order valence-corrected chi connectivity index (χ0v) is 21.8. The monoisotopic (exact) mass is 508 g/mol. The number of benzene rings is 1. The lowest BCUT2D eigenvalue weighted by molar-refractivity contribution is 0.102. The van der Waals surface area contributed by atoms with Crippen molar-refractivity contribution in [2.75, 3.05) is 18.4 Å². The van der Waals surface area contributed by atoms with Crippen LogP contribution in [-0.2, 0) is 19.0 Å². The first-order chi connectivity index (χ1) is 18.4. The van der Waals surface area contributed by atoms with Crippen LogP contribution in [0.5, 0.6) is 0 Å². The molecule has 2 aliphatic rings. The highest BCUT2D eigenvalue weighted by Crippen LogP contribution is 2.53. The third kappa shape index (κ3) is 4.35. The molecule has 1 aliphatic carbocycles. The van der Waals surface area contributed by atoms with E-state index in [0.29, 0.717) is 29.5 Å². The molecule has 9 nitrogen and oxygen atoms in total. The summed E-state index contributed by atoms with van der Waals surface area (Å²) in [6, 6.07) is 12.3. The zero-order chi connectivity index (χ0) is 26.3. The number of amides is 1. The highest BCUT2D eigenvalue weighted by Gasteiger charge is 2.49. The zero-order valence-electron chi connectivity index (χ0n) is 21.8. The van der Waals surface area contributed by atoms with Crippen LogP contribution in [0.4, 0.5) is 5.69 Å². The molecular weight excluding hydrogens is 476 g/mol. The van der Waals surface area contributed by atoms with Gasteiger partial charge >= 0.3 is 0 Å². The van der Waals surface area contributed by atoms with E-state index in [0.717, 1.165) is 55.1 Å². The van der Waals surface area contributed by atoms with Gasteiger partial charge < -0.3 is 14.3 Å². The Balaban J connectivity index is 1.28. The van der Waals surface area contributed by atoms with Gasteiger partial charge in [-0.05, 0) is 67.0 Å². The van der Waals surface area contributed by atoms with Crippen LogP contribution in [0.15, 0.2) is 55.2 Å². The number of carbonyl (C=O) groups excluding carboxylic acids is 1. The number of fused-ring (bicyclic) bond motifs is 1. The third-order valence-corrected chi connectivity index (χ3v) is 8.17. The van der Waals surface area contributed by atoms with Crippen molar-refractivity contribution in [1.29, 1.82) is 5.26 Å². The van der Waals surface area contributed by atoms with Crippen LogP contribution in [0.25, 0.3) is 5.65 Å². The molecule has 0 unspecified atom stereocenters. The van der Waals surface area contributed by atoms with Gasteiger partial charge in [0.25, 0.3) is 5.91 Å². The molecule has 0 spiro atoms. The third-order valence-electron chi connectivity index (χ3n) is 8.17. The van der Waals surface area contributed by atoms with Crippen molar-refractivity contribution in [1.82, 2.24) is 29.0 Å². The normalized spacial score (nSPS) is 23.3. The molecule has 1 aromatic carbocycles. The molecule has 2 fully saturated rings. The number of anilines is 1. The number of carbonyl (C=O) groups is 1. The second-order valence-corrected chi connectivity index (χ2v) is 11.1. The van der Waals surface area contributed by atoms with Gasteiger partial charge in [-0.15, -0.1) is 10.2 Å².